The fourth-order valence-corrected chi connectivity index (χ4v) is 2.84. The molecule has 3 nitrogen and oxygen atoms in total. The second-order valence-electron chi connectivity index (χ2n) is 5.10. The van der Waals surface area contributed by atoms with E-state index < -0.39 is 0 Å². The van der Waals surface area contributed by atoms with Crippen LogP contribution >= 0.6 is 11.6 Å². The lowest BCUT2D eigenvalue weighted by molar-refractivity contribution is 0.356. The van der Waals surface area contributed by atoms with Gasteiger partial charge in [0, 0.05) is 11.4 Å². The highest BCUT2D eigenvalue weighted by atomic mass is 35.5. The summed E-state index contributed by atoms with van der Waals surface area (Å²) in [6, 6.07) is 5.80. The molecule has 0 amide bonds. The van der Waals surface area contributed by atoms with Gasteiger partial charge >= 0.3 is 0 Å². The lowest BCUT2D eigenvalue weighted by Crippen LogP contribution is -2.29. The van der Waals surface area contributed by atoms with Crippen molar-refractivity contribution in [1.82, 2.24) is 15.3 Å². The second-order valence-corrected chi connectivity index (χ2v) is 5.53. The van der Waals surface area contributed by atoms with E-state index in [0.29, 0.717) is 0 Å². The summed E-state index contributed by atoms with van der Waals surface area (Å²) in [5.74, 6) is 1.88. The lowest BCUT2D eigenvalue weighted by atomic mass is 9.95. The van der Waals surface area contributed by atoms with E-state index in [1.807, 2.05) is 18.2 Å². The van der Waals surface area contributed by atoms with Crippen molar-refractivity contribution in [3.8, 4) is 0 Å². The summed E-state index contributed by atoms with van der Waals surface area (Å²) in [6.07, 6.45) is 4.89. The van der Waals surface area contributed by atoms with Gasteiger partial charge in [-0.1, -0.05) is 11.6 Å². The summed E-state index contributed by atoms with van der Waals surface area (Å²) in [5.41, 5.74) is 2.05. The number of nitrogens with zero attached hydrogens (tertiary/aromatic N) is 1. The number of benzene rings is 1. The van der Waals surface area contributed by atoms with Gasteiger partial charge in [0.05, 0.1) is 11.0 Å². The molecular formula is C14H18ClN3. The van der Waals surface area contributed by atoms with Crippen LogP contribution in [0.2, 0.25) is 5.02 Å². The average Bonchev–Trinajstić information content (AvgIpc) is 2.79. The van der Waals surface area contributed by atoms with Crippen molar-refractivity contribution in [3.63, 3.8) is 0 Å². The topological polar surface area (TPSA) is 40.7 Å². The van der Waals surface area contributed by atoms with Crippen LogP contribution in [0.4, 0.5) is 0 Å². The molecule has 96 valence electrons. The van der Waals surface area contributed by atoms with Crippen LogP contribution < -0.4 is 5.32 Å². The Balaban J connectivity index is 1.67. The fraction of sp³-hybridized carbons (Fsp3) is 0.500. The molecule has 2 N–H and O–H groups in total. The Kier molecular flexibility index (Phi) is 3.52. The first-order chi connectivity index (χ1) is 8.81. The molecular weight excluding hydrogens is 246 g/mol. The molecule has 0 aliphatic carbocycles. The molecule has 4 heteroatoms. The molecule has 18 heavy (non-hydrogen) atoms. The van der Waals surface area contributed by atoms with E-state index in [2.05, 4.69) is 15.3 Å². The maximum Gasteiger partial charge on any atom is 0.107 e. The summed E-state index contributed by atoms with van der Waals surface area (Å²) in [4.78, 5) is 7.96. The van der Waals surface area contributed by atoms with Gasteiger partial charge in [0.15, 0.2) is 0 Å². The maximum atomic E-state index is 5.97. The van der Waals surface area contributed by atoms with Crippen LogP contribution in [0.15, 0.2) is 18.2 Å². The number of rotatable bonds is 3. The van der Waals surface area contributed by atoms with Crippen molar-refractivity contribution < 1.29 is 0 Å². The molecule has 1 unspecified atom stereocenters. The maximum absolute atomic E-state index is 5.97. The minimum atomic E-state index is 0.759. The number of hydrogen-bond donors (Lipinski definition) is 2. The first-order valence-corrected chi connectivity index (χ1v) is 7.04. The third-order valence-corrected chi connectivity index (χ3v) is 3.92. The van der Waals surface area contributed by atoms with Crippen LogP contribution in [0.3, 0.4) is 0 Å². The van der Waals surface area contributed by atoms with Crippen molar-refractivity contribution >= 4 is 22.6 Å². The van der Waals surface area contributed by atoms with Crippen LogP contribution in [0.1, 0.15) is 25.1 Å². The highest BCUT2D eigenvalue weighted by Gasteiger charge is 2.13. The van der Waals surface area contributed by atoms with Crippen LogP contribution in [-0.2, 0) is 6.42 Å². The molecule has 1 atom stereocenters. The molecule has 2 heterocycles. The molecule has 1 aliphatic heterocycles. The fourth-order valence-electron chi connectivity index (χ4n) is 2.66. The van der Waals surface area contributed by atoms with Gasteiger partial charge in [-0.25, -0.2) is 4.98 Å². The third-order valence-electron chi connectivity index (χ3n) is 3.68. The molecule has 1 saturated heterocycles. The van der Waals surface area contributed by atoms with Crippen LogP contribution in [0.5, 0.6) is 0 Å². The van der Waals surface area contributed by atoms with Gasteiger partial charge in [-0.15, -0.1) is 0 Å². The average molecular weight is 264 g/mol. The molecule has 0 spiro atoms. The van der Waals surface area contributed by atoms with Crippen molar-refractivity contribution in [2.75, 3.05) is 13.1 Å². The highest BCUT2D eigenvalue weighted by molar-refractivity contribution is 6.31. The van der Waals surface area contributed by atoms with E-state index in [9.17, 15) is 0 Å². The standard InChI is InChI=1S/C14H18ClN3/c15-11-4-5-12-13(8-11)18-14(17-12)6-3-10-2-1-7-16-9-10/h4-5,8,10,16H,1-3,6-7,9H2,(H,17,18). The molecule has 1 aliphatic rings. The Morgan fingerprint density at radius 1 is 1.39 bits per heavy atom. The van der Waals surface area contributed by atoms with Crippen LogP contribution in [0.25, 0.3) is 11.0 Å². The molecule has 0 bridgehead atoms. The third kappa shape index (κ3) is 2.68. The predicted molar refractivity (Wildman–Crippen MR) is 75.0 cm³/mol. The molecule has 1 aromatic heterocycles. The first-order valence-electron chi connectivity index (χ1n) is 6.66. The summed E-state index contributed by atoms with van der Waals surface area (Å²) in [5, 5.41) is 4.22. The Labute approximate surface area is 112 Å². The van der Waals surface area contributed by atoms with Crippen molar-refractivity contribution in [2.24, 2.45) is 5.92 Å². The molecule has 0 saturated carbocycles. The summed E-state index contributed by atoms with van der Waals surface area (Å²) < 4.78 is 0. The van der Waals surface area contributed by atoms with Crippen molar-refractivity contribution in [1.29, 1.82) is 0 Å². The van der Waals surface area contributed by atoms with Gasteiger partial charge < -0.3 is 10.3 Å². The predicted octanol–water partition coefficient (Wildman–Crippen LogP) is 3.15. The number of fused-ring (bicyclic) bond motifs is 1. The number of aromatic nitrogens is 2. The number of aryl methyl sites for hydroxylation is 1. The quantitative estimate of drug-likeness (QED) is 0.893. The van der Waals surface area contributed by atoms with Crippen LogP contribution in [-0.4, -0.2) is 23.1 Å². The zero-order chi connectivity index (χ0) is 12.4. The van der Waals surface area contributed by atoms with Gasteiger partial charge in [-0.2, -0.15) is 0 Å². The SMILES string of the molecule is Clc1ccc2nc(CCC3CCCNC3)[nH]c2c1. The number of halogens is 1. The Bertz CT molecular complexity index is 529. The Hall–Kier alpha value is -1.06. The number of nitrogens with one attached hydrogen (secondary N) is 2. The van der Waals surface area contributed by atoms with Gasteiger partial charge in [0.2, 0.25) is 0 Å². The monoisotopic (exact) mass is 263 g/mol. The minimum Gasteiger partial charge on any atom is -0.342 e. The van der Waals surface area contributed by atoms with E-state index in [1.165, 1.54) is 25.8 Å². The molecule has 0 radical (unpaired) electrons. The first kappa shape index (κ1) is 12.0. The van der Waals surface area contributed by atoms with E-state index in [-0.39, 0.29) is 0 Å². The molecule has 1 fully saturated rings. The van der Waals surface area contributed by atoms with Gasteiger partial charge in [-0.05, 0) is 56.5 Å². The number of piperidine rings is 1. The van der Waals surface area contributed by atoms with E-state index in [0.717, 1.165) is 40.8 Å². The zero-order valence-corrected chi connectivity index (χ0v) is 11.1. The molecule has 2 aromatic rings. The van der Waals surface area contributed by atoms with Gasteiger partial charge in [0.1, 0.15) is 5.82 Å². The summed E-state index contributed by atoms with van der Waals surface area (Å²) >= 11 is 5.97. The van der Waals surface area contributed by atoms with Crippen LogP contribution in [0, 0.1) is 5.92 Å². The normalized spacial score (nSPS) is 20.4. The summed E-state index contributed by atoms with van der Waals surface area (Å²) in [7, 11) is 0. The summed E-state index contributed by atoms with van der Waals surface area (Å²) in [6.45, 7) is 2.34. The zero-order valence-electron chi connectivity index (χ0n) is 10.4. The number of aromatic amines is 1. The van der Waals surface area contributed by atoms with Gasteiger partial charge in [0.25, 0.3) is 0 Å². The minimum absolute atomic E-state index is 0.759. The number of imidazole rings is 1. The molecule has 3 rings (SSSR count). The molecule has 1 aromatic carbocycles. The highest BCUT2D eigenvalue weighted by Crippen LogP contribution is 2.20. The number of hydrogen-bond acceptors (Lipinski definition) is 2. The smallest absolute Gasteiger partial charge is 0.107 e. The second kappa shape index (κ2) is 5.29. The Morgan fingerprint density at radius 3 is 3.17 bits per heavy atom. The van der Waals surface area contributed by atoms with Crippen molar-refractivity contribution in [3.05, 3.63) is 29.0 Å². The lowest BCUT2D eigenvalue weighted by Gasteiger charge is -2.22. The largest absolute Gasteiger partial charge is 0.342 e. The van der Waals surface area contributed by atoms with Crippen molar-refractivity contribution in [2.45, 2.75) is 25.7 Å². The van der Waals surface area contributed by atoms with E-state index in [4.69, 9.17) is 11.6 Å². The van der Waals surface area contributed by atoms with E-state index in [1.54, 1.807) is 0 Å². The van der Waals surface area contributed by atoms with Gasteiger partial charge in [-0.3, -0.25) is 0 Å². The number of H-pyrrole nitrogens is 1. The Morgan fingerprint density at radius 2 is 2.33 bits per heavy atom. The van der Waals surface area contributed by atoms with E-state index >= 15 is 0 Å².